The van der Waals surface area contributed by atoms with Crippen LogP contribution in [0.15, 0.2) is 67.4 Å². The fourth-order valence-electron chi connectivity index (χ4n) is 3.83. The summed E-state index contributed by atoms with van der Waals surface area (Å²) in [7, 11) is 0. The highest BCUT2D eigenvalue weighted by Gasteiger charge is 2.14. The molecule has 0 unspecified atom stereocenters. The molecule has 0 aliphatic rings. The van der Waals surface area contributed by atoms with E-state index >= 15 is 0 Å². The van der Waals surface area contributed by atoms with Gasteiger partial charge in [-0.05, 0) is 37.3 Å². The predicted octanol–water partition coefficient (Wildman–Crippen LogP) is 4.94. The lowest BCUT2D eigenvalue weighted by Gasteiger charge is -2.04. The molecule has 6 rings (SSSR count). The summed E-state index contributed by atoms with van der Waals surface area (Å²) < 4.78 is 16.2. The van der Waals surface area contributed by atoms with E-state index in [1.807, 2.05) is 49.6 Å². The van der Waals surface area contributed by atoms with Gasteiger partial charge in [-0.1, -0.05) is 6.07 Å². The molecule has 5 aromatic heterocycles. The quantitative estimate of drug-likeness (QED) is 0.452. The van der Waals surface area contributed by atoms with Crippen LogP contribution in [0.1, 0.15) is 5.69 Å². The summed E-state index contributed by atoms with van der Waals surface area (Å²) in [5.41, 5.74) is 5.20. The average molecular weight is 394 g/mol. The number of imidazole rings is 1. The Balaban J connectivity index is 1.47. The van der Waals surface area contributed by atoms with Crippen molar-refractivity contribution >= 4 is 27.6 Å². The van der Waals surface area contributed by atoms with Gasteiger partial charge in [-0.15, -0.1) is 0 Å². The van der Waals surface area contributed by atoms with Crippen LogP contribution >= 0.6 is 0 Å². The molecule has 0 radical (unpaired) electrons. The van der Waals surface area contributed by atoms with Crippen LogP contribution in [0, 0.1) is 12.7 Å². The van der Waals surface area contributed by atoms with Gasteiger partial charge < -0.3 is 9.38 Å². The van der Waals surface area contributed by atoms with Crippen molar-refractivity contribution < 1.29 is 4.39 Å². The monoisotopic (exact) mass is 394 g/mol. The molecule has 0 saturated carbocycles. The topological polar surface area (TPSA) is 71.8 Å². The SMILES string of the molecule is Cc1cn2cc(-c3c[nH]c4nc(-c5ccc6ncccc6c5)ncc34)cc(F)c2n1. The molecule has 7 heteroatoms. The number of aromatic nitrogens is 6. The van der Waals surface area contributed by atoms with Crippen LogP contribution in [0.5, 0.6) is 0 Å². The minimum absolute atomic E-state index is 0.320. The van der Waals surface area contributed by atoms with Crippen LogP contribution in [0.4, 0.5) is 4.39 Å². The second-order valence-electron chi connectivity index (χ2n) is 7.26. The molecule has 0 amide bonds. The molecule has 30 heavy (non-hydrogen) atoms. The zero-order valence-corrected chi connectivity index (χ0v) is 16.0. The first-order valence-electron chi connectivity index (χ1n) is 9.50. The van der Waals surface area contributed by atoms with E-state index in [9.17, 15) is 4.39 Å². The Kier molecular flexibility index (Phi) is 3.46. The van der Waals surface area contributed by atoms with Gasteiger partial charge in [0.15, 0.2) is 17.3 Å². The number of aryl methyl sites for hydroxylation is 1. The van der Waals surface area contributed by atoms with Gasteiger partial charge in [-0.2, -0.15) is 0 Å². The van der Waals surface area contributed by atoms with Crippen LogP contribution in [0.2, 0.25) is 0 Å². The maximum atomic E-state index is 14.5. The molecular formula is C23H15FN6. The first kappa shape index (κ1) is 16.8. The Bertz CT molecular complexity index is 1580. The summed E-state index contributed by atoms with van der Waals surface area (Å²) in [6.45, 7) is 1.84. The standard InChI is InChI=1S/C23H15FN6/c1-13-11-30-12-16(8-19(24)23(30)28-13)17-9-27-22-18(17)10-26-21(29-22)15-4-5-20-14(7-15)3-2-6-25-20/h2-12H,1H3,(H,26,27,29). The summed E-state index contributed by atoms with van der Waals surface area (Å²) in [6.07, 6.45) is 9.05. The minimum Gasteiger partial charge on any atom is -0.345 e. The fourth-order valence-corrected chi connectivity index (χ4v) is 3.83. The summed E-state index contributed by atoms with van der Waals surface area (Å²) >= 11 is 0. The number of H-pyrrole nitrogens is 1. The van der Waals surface area contributed by atoms with E-state index in [1.165, 1.54) is 6.07 Å². The number of hydrogen-bond acceptors (Lipinski definition) is 4. The van der Waals surface area contributed by atoms with E-state index in [4.69, 9.17) is 0 Å². The number of nitrogens with one attached hydrogen (secondary N) is 1. The van der Waals surface area contributed by atoms with Crippen molar-refractivity contribution in [1.29, 1.82) is 0 Å². The van der Waals surface area contributed by atoms with Gasteiger partial charge >= 0.3 is 0 Å². The first-order valence-corrected chi connectivity index (χ1v) is 9.50. The number of rotatable bonds is 2. The van der Waals surface area contributed by atoms with E-state index in [-0.39, 0.29) is 5.82 Å². The molecule has 0 saturated heterocycles. The maximum Gasteiger partial charge on any atom is 0.173 e. The van der Waals surface area contributed by atoms with Crippen molar-refractivity contribution in [2.45, 2.75) is 6.92 Å². The van der Waals surface area contributed by atoms with Gasteiger partial charge in [0.25, 0.3) is 0 Å². The predicted molar refractivity (Wildman–Crippen MR) is 114 cm³/mol. The van der Waals surface area contributed by atoms with Crippen LogP contribution in [-0.2, 0) is 0 Å². The summed E-state index contributed by atoms with van der Waals surface area (Å²) in [5, 5.41) is 1.86. The van der Waals surface area contributed by atoms with Crippen LogP contribution in [0.3, 0.4) is 0 Å². The van der Waals surface area contributed by atoms with Crippen molar-refractivity contribution in [2.24, 2.45) is 0 Å². The number of hydrogen-bond donors (Lipinski definition) is 1. The number of halogens is 1. The molecule has 0 fully saturated rings. The summed E-state index contributed by atoms with van der Waals surface area (Å²) in [6, 6.07) is 11.4. The van der Waals surface area contributed by atoms with Crippen LogP contribution in [-0.4, -0.2) is 29.3 Å². The van der Waals surface area contributed by atoms with E-state index in [0.717, 1.165) is 38.7 Å². The van der Waals surface area contributed by atoms with Gasteiger partial charge in [-0.25, -0.2) is 19.3 Å². The number of pyridine rings is 2. The zero-order chi connectivity index (χ0) is 20.2. The minimum atomic E-state index is -0.364. The Morgan fingerprint density at radius 1 is 1.00 bits per heavy atom. The smallest absolute Gasteiger partial charge is 0.173 e. The van der Waals surface area contributed by atoms with Crippen molar-refractivity contribution in [2.75, 3.05) is 0 Å². The molecular weight excluding hydrogens is 379 g/mol. The van der Waals surface area contributed by atoms with Gasteiger partial charge in [0.05, 0.1) is 11.2 Å². The van der Waals surface area contributed by atoms with E-state index < -0.39 is 0 Å². The normalized spacial score (nSPS) is 11.7. The highest BCUT2D eigenvalue weighted by Crippen LogP contribution is 2.30. The number of fused-ring (bicyclic) bond motifs is 3. The number of aromatic amines is 1. The van der Waals surface area contributed by atoms with Crippen LogP contribution < -0.4 is 0 Å². The highest BCUT2D eigenvalue weighted by atomic mass is 19.1. The molecule has 0 aliphatic heterocycles. The van der Waals surface area contributed by atoms with Crippen molar-refractivity contribution in [1.82, 2.24) is 29.3 Å². The zero-order valence-electron chi connectivity index (χ0n) is 16.0. The van der Waals surface area contributed by atoms with Crippen molar-refractivity contribution in [3.05, 3.63) is 78.9 Å². The average Bonchev–Trinajstić information content (AvgIpc) is 3.36. The van der Waals surface area contributed by atoms with E-state index in [2.05, 4.69) is 24.9 Å². The van der Waals surface area contributed by atoms with E-state index in [0.29, 0.717) is 17.1 Å². The Labute approximate surface area is 170 Å². The Hall–Kier alpha value is -4.13. The molecule has 0 aliphatic carbocycles. The Morgan fingerprint density at radius 2 is 1.93 bits per heavy atom. The largest absolute Gasteiger partial charge is 0.345 e. The third-order valence-corrected chi connectivity index (χ3v) is 5.23. The summed E-state index contributed by atoms with van der Waals surface area (Å²) in [5.74, 6) is 0.255. The van der Waals surface area contributed by atoms with Gasteiger partial charge in [0.1, 0.15) is 5.65 Å². The third kappa shape index (κ3) is 2.56. The molecule has 5 heterocycles. The van der Waals surface area contributed by atoms with E-state index in [1.54, 1.807) is 23.0 Å². The van der Waals surface area contributed by atoms with Gasteiger partial charge in [0.2, 0.25) is 0 Å². The molecule has 6 nitrogen and oxygen atoms in total. The molecule has 0 spiro atoms. The molecule has 0 bridgehead atoms. The Morgan fingerprint density at radius 3 is 2.87 bits per heavy atom. The number of benzene rings is 1. The fraction of sp³-hybridized carbons (Fsp3) is 0.0435. The lowest BCUT2D eigenvalue weighted by molar-refractivity contribution is 0.630. The molecule has 144 valence electrons. The van der Waals surface area contributed by atoms with Crippen molar-refractivity contribution in [3.63, 3.8) is 0 Å². The maximum absolute atomic E-state index is 14.5. The second kappa shape index (κ2) is 6.18. The van der Waals surface area contributed by atoms with Gasteiger partial charge in [0, 0.05) is 58.4 Å². The molecule has 1 N–H and O–H groups in total. The third-order valence-electron chi connectivity index (χ3n) is 5.23. The van der Waals surface area contributed by atoms with Crippen molar-refractivity contribution in [3.8, 4) is 22.5 Å². The molecule has 0 atom stereocenters. The summed E-state index contributed by atoms with van der Waals surface area (Å²) in [4.78, 5) is 21.0. The number of nitrogens with zero attached hydrogens (tertiary/aromatic N) is 5. The highest BCUT2D eigenvalue weighted by molar-refractivity contribution is 5.94. The molecule has 1 aromatic carbocycles. The van der Waals surface area contributed by atoms with Crippen LogP contribution in [0.25, 0.3) is 50.1 Å². The second-order valence-corrected chi connectivity index (χ2v) is 7.26. The first-order chi connectivity index (χ1) is 14.7. The van der Waals surface area contributed by atoms with Gasteiger partial charge in [-0.3, -0.25) is 4.98 Å². The lowest BCUT2D eigenvalue weighted by atomic mass is 10.1. The lowest BCUT2D eigenvalue weighted by Crippen LogP contribution is -1.92. The molecule has 6 aromatic rings.